The van der Waals surface area contributed by atoms with Gasteiger partial charge >= 0.3 is 7.57 Å². The molecule has 1 unspecified atom stereocenters. The number of benzene rings is 1. The van der Waals surface area contributed by atoms with Gasteiger partial charge in [-0.05, 0) is 39.3 Å². The van der Waals surface area contributed by atoms with Gasteiger partial charge in [-0.1, -0.05) is 24.1 Å². The first-order valence-electron chi connectivity index (χ1n) is 5.49. The molecule has 0 nitrogen and oxygen atoms in total. The molecule has 0 saturated carbocycles. The third-order valence-electron chi connectivity index (χ3n) is 3.08. The molecule has 16 heavy (non-hydrogen) atoms. The highest BCUT2D eigenvalue weighted by Crippen LogP contribution is 2.63. The molecule has 0 heterocycles. The van der Waals surface area contributed by atoms with Crippen molar-refractivity contribution in [1.82, 2.24) is 0 Å². The normalized spacial score (nSPS) is 15.2. The molecule has 2 heteroatoms. The Kier molecular flexibility index (Phi) is 3.87. The Morgan fingerprint density at radius 2 is 1.88 bits per heavy atom. The van der Waals surface area contributed by atoms with Gasteiger partial charge < -0.3 is 0 Å². The van der Waals surface area contributed by atoms with Crippen LogP contribution in [0.5, 0.6) is 0 Å². The van der Waals surface area contributed by atoms with Crippen LogP contribution in [-0.4, -0.2) is 18.9 Å². The molecular weight excluding hydrogens is 210 g/mol. The SMILES string of the molecule is [B][P+](CC#C)(c1ccccc1C)C(C)(C)C. The summed E-state index contributed by atoms with van der Waals surface area (Å²) in [5, 5.41) is 1.31. The highest BCUT2D eigenvalue weighted by molar-refractivity contribution is 8.04. The number of aryl methyl sites for hydroxylation is 1. The van der Waals surface area contributed by atoms with Crippen molar-refractivity contribution in [1.29, 1.82) is 0 Å². The van der Waals surface area contributed by atoms with E-state index in [1.165, 1.54) is 10.9 Å². The van der Waals surface area contributed by atoms with E-state index in [-0.39, 0.29) is 5.16 Å². The first kappa shape index (κ1) is 13.3. The maximum atomic E-state index is 6.68. The molecule has 82 valence electrons. The zero-order chi connectivity index (χ0) is 12.4. The van der Waals surface area contributed by atoms with Crippen LogP contribution in [0, 0.1) is 19.3 Å². The molecule has 1 rings (SSSR count). The minimum absolute atomic E-state index is 0.0471. The summed E-state index contributed by atoms with van der Waals surface area (Å²) in [5.41, 5.74) is 1.25. The standard InChI is InChI=1S/C14H19BP/c1-6-11-16(15,14(3,4)5)13-10-8-7-9-12(13)2/h1,7-10H,11H2,2-5H3/q+1. The molecule has 2 radical (unpaired) electrons. The van der Waals surface area contributed by atoms with Crippen molar-refractivity contribution >= 4 is 20.0 Å². The zero-order valence-corrected chi connectivity index (χ0v) is 11.5. The summed E-state index contributed by atoms with van der Waals surface area (Å²) in [5.74, 6) is 2.76. The molecule has 1 aromatic carbocycles. The Balaban J connectivity index is 3.35. The van der Waals surface area contributed by atoms with Gasteiger partial charge in [0, 0.05) is 7.14 Å². The van der Waals surface area contributed by atoms with Crippen LogP contribution in [0.25, 0.3) is 0 Å². The Labute approximate surface area is 102 Å². The van der Waals surface area contributed by atoms with Crippen LogP contribution in [0.15, 0.2) is 24.3 Å². The van der Waals surface area contributed by atoms with E-state index in [0.29, 0.717) is 6.16 Å². The molecular formula is C14H19BP+. The Morgan fingerprint density at radius 3 is 2.31 bits per heavy atom. The number of hydrogen-bond acceptors (Lipinski definition) is 0. The lowest BCUT2D eigenvalue weighted by Crippen LogP contribution is -2.32. The summed E-state index contributed by atoms with van der Waals surface area (Å²) in [6, 6.07) is 8.33. The largest absolute Gasteiger partial charge is 0.372 e. The van der Waals surface area contributed by atoms with Crippen LogP contribution in [0.1, 0.15) is 26.3 Å². The van der Waals surface area contributed by atoms with Gasteiger partial charge in [0.2, 0.25) is 0 Å². The molecule has 0 aromatic heterocycles. The minimum Gasteiger partial charge on any atom is -0.116 e. The molecule has 0 fully saturated rings. The third-order valence-corrected chi connectivity index (χ3v) is 7.52. The lowest BCUT2D eigenvalue weighted by atomic mass is 10.2. The van der Waals surface area contributed by atoms with Crippen molar-refractivity contribution in [2.24, 2.45) is 0 Å². The highest BCUT2D eigenvalue weighted by Gasteiger charge is 2.46. The molecule has 0 bridgehead atoms. The molecule has 0 amide bonds. The highest BCUT2D eigenvalue weighted by atomic mass is 31.2. The van der Waals surface area contributed by atoms with Gasteiger partial charge in [0.1, 0.15) is 6.16 Å². The summed E-state index contributed by atoms with van der Waals surface area (Å²) in [7, 11) is 4.90. The van der Waals surface area contributed by atoms with Gasteiger partial charge in [-0.25, -0.2) is 0 Å². The van der Waals surface area contributed by atoms with Crippen LogP contribution in [-0.2, 0) is 0 Å². The predicted molar refractivity (Wildman–Crippen MR) is 76.9 cm³/mol. The van der Waals surface area contributed by atoms with Crippen molar-refractivity contribution in [2.45, 2.75) is 32.9 Å². The third kappa shape index (κ3) is 2.33. The van der Waals surface area contributed by atoms with Gasteiger partial charge in [-0.3, -0.25) is 0 Å². The molecule has 1 atom stereocenters. The Hall–Kier alpha value is -0.725. The zero-order valence-electron chi connectivity index (χ0n) is 10.6. The van der Waals surface area contributed by atoms with E-state index in [0.717, 1.165) is 0 Å². The minimum atomic E-state index is -1.78. The van der Waals surface area contributed by atoms with Gasteiger partial charge in [-0.2, -0.15) is 0 Å². The van der Waals surface area contributed by atoms with Crippen molar-refractivity contribution < 1.29 is 0 Å². The average molecular weight is 229 g/mol. The molecule has 0 N–H and O–H groups in total. The van der Waals surface area contributed by atoms with Crippen molar-refractivity contribution in [3.05, 3.63) is 29.8 Å². The van der Waals surface area contributed by atoms with Crippen LogP contribution in [0.3, 0.4) is 0 Å². The summed E-state index contributed by atoms with van der Waals surface area (Å²) < 4.78 is 0. The topological polar surface area (TPSA) is 0 Å². The van der Waals surface area contributed by atoms with E-state index in [9.17, 15) is 0 Å². The molecule has 0 saturated heterocycles. The Bertz CT molecular complexity index is 411. The van der Waals surface area contributed by atoms with Crippen LogP contribution in [0.2, 0.25) is 0 Å². The molecule has 0 aliphatic rings. The van der Waals surface area contributed by atoms with E-state index < -0.39 is 7.14 Å². The van der Waals surface area contributed by atoms with Gasteiger partial charge in [0.05, 0.1) is 10.5 Å². The second-order valence-corrected chi connectivity index (χ2v) is 9.07. The maximum absolute atomic E-state index is 6.68. The average Bonchev–Trinajstić information content (AvgIpc) is 2.16. The first-order chi connectivity index (χ1) is 7.33. The number of terminal acetylenes is 1. The van der Waals surface area contributed by atoms with E-state index in [1.54, 1.807) is 0 Å². The Morgan fingerprint density at radius 1 is 1.31 bits per heavy atom. The summed E-state index contributed by atoms with van der Waals surface area (Å²) in [6.07, 6.45) is 6.16. The molecule has 0 aliphatic heterocycles. The first-order valence-corrected chi connectivity index (χ1v) is 7.53. The smallest absolute Gasteiger partial charge is 0.116 e. The fourth-order valence-corrected chi connectivity index (χ4v) is 4.55. The summed E-state index contributed by atoms with van der Waals surface area (Å²) in [6.45, 7) is 8.67. The van der Waals surface area contributed by atoms with E-state index in [2.05, 4.69) is 45.7 Å². The van der Waals surface area contributed by atoms with Crippen molar-refractivity contribution in [2.75, 3.05) is 6.16 Å². The quantitative estimate of drug-likeness (QED) is 0.415. The predicted octanol–water partition coefficient (Wildman–Crippen LogP) is 3.15. The van der Waals surface area contributed by atoms with E-state index in [4.69, 9.17) is 14.0 Å². The van der Waals surface area contributed by atoms with E-state index in [1.807, 2.05) is 12.1 Å². The summed E-state index contributed by atoms with van der Waals surface area (Å²) >= 11 is 0. The van der Waals surface area contributed by atoms with Gasteiger partial charge in [0.15, 0.2) is 0 Å². The van der Waals surface area contributed by atoms with Crippen molar-refractivity contribution in [3.8, 4) is 12.3 Å². The number of rotatable bonds is 2. The van der Waals surface area contributed by atoms with Gasteiger partial charge in [0.25, 0.3) is 0 Å². The fourth-order valence-electron chi connectivity index (χ4n) is 1.84. The second kappa shape index (κ2) is 4.64. The van der Waals surface area contributed by atoms with Crippen LogP contribution in [0.4, 0.5) is 0 Å². The fraction of sp³-hybridized carbons (Fsp3) is 0.429. The molecule has 0 aliphatic carbocycles. The lowest BCUT2D eigenvalue weighted by Gasteiger charge is -2.35. The van der Waals surface area contributed by atoms with Crippen LogP contribution >= 0.6 is 7.14 Å². The second-order valence-electron chi connectivity index (χ2n) is 5.19. The summed E-state index contributed by atoms with van der Waals surface area (Å²) in [4.78, 5) is 0. The number of hydrogen-bond donors (Lipinski definition) is 0. The molecule has 1 aromatic rings. The van der Waals surface area contributed by atoms with E-state index >= 15 is 0 Å². The van der Waals surface area contributed by atoms with Gasteiger partial charge in [-0.15, -0.1) is 6.42 Å². The monoisotopic (exact) mass is 229 g/mol. The lowest BCUT2D eigenvalue weighted by molar-refractivity contribution is 0.785. The maximum Gasteiger partial charge on any atom is 0.372 e. The molecule has 0 spiro atoms. The van der Waals surface area contributed by atoms with Crippen molar-refractivity contribution in [3.63, 3.8) is 0 Å². The van der Waals surface area contributed by atoms with Crippen LogP contribution < -0.4 is 5.30 Å².